The first-order chi connectivity index (χ1) is 24.9. The number of carbonyl (C=O) groups is 3. The number of benzene rings is 4. The Labute approximate surface area is 308 Å². The number of likely N-dealkylation sites (N-methyl/N-ethyl adjacent to an activating group) is 2. The zero-order valence-electron chi connectivity index (χ0n) is 29.4. The van der Waals surface area contributed by atoms with Gasteiger partial charge in [-0.1, -0.05) is 77.9 Å². The van der Waals surface area contributed by atoms with Crippen LogP contribution in [0.2, 0.25) is 0 Å². The van der Waals surface area contributed by atoms with E-state index in [1.807, 2.05) is 79.9 Å². The number of carbonyl (C=O) groups excluding carboxylic acids is 3. The second-order valence-corrected chi connectivity index (χ2v) is 15.7. The van der Waals surface area contributed by atoms with Gasteiger partial charge in [-0.25, -0.2) is 12.7 Å². The monoisotopic (exact) mass is 732 g/mol. The molecule has 0 aliphatic carbocycles. The summed E-state index contributed by atoms with van der Waals surface area (Å²) in [5, 5.41) is 7.79. The van der Waals surface area contributed by atoms with E-state index in [2.05, 4.69) is 15.7 Å². The zero-order chi connectivity index (χ0) is 37.0. The Balaban J connectivity index is 1.35. The maximum atomic E-state index is 14.5. The zero-order valence-corrected chi connectivity index (χ0v) is 31.0. The van der Waals surface area contributed by atoms with Crippen LogP contribution in [0.15, 0.2) is 125 Å². The molecule has 9 nitrogen and oxygen atoms in total. The lowest BCUT2D eigenvalue weighted by Gasteiger charge is -2.30. The van der Waals surface area contributed by atoms with Gasteiger partial charge in [0.1, 0.15) is 12.1 Å². The molecule has 0 radical (unpaired) electrons. The topological polar surface area (TPSA) is 120 Å². The maximum absolute atomic E-state index is 14.5. The van der Waals surface area contributed by atoms with Crippen molar-refractivity contribution in [2.24, 2.45) is 0 Å². The van der Waals surface area contributed by atoms with Crippen molar-refractivity contribution >= 4 is 50.0 Å². The number of thiophene rings is 1. The van der Waals surface area contributed by atoms with Crippen LogP contribution in [-0.2, 0) is 32.5 Å². The van der Waals surface area contributed by atoms with Crippen LogP contribution in [0.3, 0.4) is 0 Å². The van der Waals surface area contributed by atoms with Crippen LogP contribution in [0, 0.1) is 13.8 Å². The first kappa shape index (κ1) is 36.3. The third-order valence-electron chi connectivity index (χ3n) is 9.22. The average molecular weight is 733 g/mol. The largest absolute Gasteiger partial charge is 0.361 e. The van der Waals surface area contributed by atoms with Gasteiger partial charge in [0.05, 0.1) is 4.90 Å². The Morgan fingerprint density at radius 1 is 0.808 bits per heavy atom. The van der Waals surface area contributed by atoms with Crippen molar-refractivity contribution in [1.29, 1.82) is 0 Å². The standard InChI is InChI=1S/C41H40N4O5S2/c1-27-20-28(2)22-32(21-27)40(47)44(3)38(23-29-14-16-30(17-15-29)31-18-19-51-26-31)39(46)43-37(24-33-25-42-36-13-9-8-12-35(33)36)41(48)45(4)52(49,50)34-10-6-5-7-11-34/h5-22,25-26,37-38,42H,23-24H2,1-4H3,(H,43,46)/t37-,38+/m0/s1. The van der Waals surface area contributed by atoms with E-state index in [1.165, 1.54) is 24.1 Å². The number of hydrogen-bond donors (Lipinski definition) is 2. The molecule has 2 heterocycles. The quantitative estimate of drug-likeness (QED) is 0.144. The molecule has 0 saturated carbocycles. The maximum Gasteiger partial charge on any atom is 0.266 e. The molecular formula is C41H40N4O5S2. The number of H-pyrrole nitrogens is 1. The van der Waals surface area contributed by atoms with E-state index in [1.54, 1.807) is 54.9 Å². The summed E-state index contributed by atoms with van der Waals surface area (Å²) in [6.07, 6.45) is 1.90. The first-order valence-corrected chi connectivity index (χ1v) is 19.2. The van der Waals surface area contributed by atoms with Gasteiger partial charge in [0.15, 0.2) is 0 Å². The molecule has 0 fully saturated rings. The molecule has 0 unspecified atom stereocenters. The minimum absolute atomic E-state index is 0.0000297. The summed E-state index contributed by atoms with van der Waals surface area (Å²) < 4.78 is 27.9. The molecule has 6 aromatic rings. The van der Waals surface area contributed by atoms with E-state index < -0.39 is 33.9 Å². The lowest BCUT2D eigenvalue weighted by molar-refractivity contribution is -0.133. The minimum atomic E-state index is -4.25. The smallest absolute Gasteiger partial charge is 0.266 e. The van der Waals surface area contributed by atoms with Crippen LogP contribution in [0.4, 0.5) is 0 Å². The summed E-state index contributed by atoms with van der Waals surface area (Å²) in [5.41, 5.74) is 6.73. The number of aromatic amines is 1. The van der Waals surface area contributed by atoms with Gasteiger partial charge in [-0.15, -0.1) is 0 Å². The highest BCUT2D eigenvalue weighted by molar-refractivity contribution is 7.89. The molecule has 52 heavy (non-hydrogen) atoms. The molecule has 266 valence electrons. The summed E-state index contributed by atoms with van der Waals surface area (Å²) in [4.78, 5) is 47.3. The molecule has 0 aliphatic heterocycles. The highest BCUT2D eigenvalue weighted by atomic mass is 32.2. The second-order valence-electron chi connectivity index (χ2n) is 13.0. The van der Waals surface area contributed by atoms with Gasteiger partial charge in [-0.3, -0.25) is 14.4 Å². The summed E-state index contributed by atoms with van der Waals surface area (Å²) in [7, 11) is -1.47. The van der Waals surface area contributed by atoms with E-state index in [-0.39, 0.29) is 23.6 Å². The third kappa shape index (κ3) is 7.85. The fraction of sp³-hybridized carbons (Fsp3) is 0.195. The lowest BCUT2D eigenvalue weighted by Crippen LogP contribution is -2.56. The number of para-hydroxylation sites is 1. The summed E-state index contributed by atoms with van der Waals surface area (Å²) in [6.45, 7) is 3.81. The van der Waals surface area contributed by atoms with Gasteiger partial charge in [0.25, 0.3) is 21.8 Å². The Hall–Kier alpha value is -5.52. The second kappa shape index (κ2) is 15.4. The number of rotatable bonds is 12. The number of nitrogens with one attached hydrogen (secondary N) is 2. The van der Waals surface area contributed by atoms with Crippen molar-refractivity contribution in [1.82, 2.24) is 19.5 Å². The fourth-order valence-electron chi connectivity index (χ4n) is 6.41. The van der Waals surface area contributed by atoms with Crippen molar-refractivity contribution in [3.05, 3.63) is 148 Å². The number of aromatic nitrogens is 1. The number of aryl methyl sites for hydroxylation is 2. The third-order valence-corrected chi connectivity index (χ3v) is 11.7. The van der Waals surface area contributed by atoms with Gasteiger partial charge in [0.2, 0.25) is 5.91 Å². The molecule has 0 saturated heterocycles. The van der Waals surface area contributed by atoms with Crippen LogP contribution >= 0.6 is 11.3 Å². The molecule has 2 aromatic heterocycles. The van der Waals surface area contributed by atoms with Gasteiger partial charge < -0.3 is 15.2 Å². The molecule has 11 heteroatoms. The predicted molar refractivity (Wildman–Crippen MR) is 206 cm³/mol. The van der Waals surface area contributed by atoms with E-state index >= 15 is 0 Å². The Kier molecular flexibility index (Phi) is 10.7. The Bertz CT molecular complexity index is 2300. The van der Waals surface area contributed by atoms with Crippen molar-refractivity contribution < 1.29 is 22.8 Å². The normalized spacial score (nSPS) is 12.6. The number of nitrogens with zero attached hydrogens (tertiary/aromatic N) is 2. The molecule has 2 atom stereocenters. The lowest BCUT2D eigenvalue weighted by atomic mass is 9.99. The van der Waals surface area contributed by atoms with Crippen molar-refractivity contribution in [2.75, 3.05) is 14.1 Å². The minimum Gasteiger partial charge on any atom is -0.361 e. The van der Waals surface area contributed by atoms with Crippen LogP contribution in [0.5, 0.6) is 0 Å². The molecule has 4 aromatic carbocycles. The van der Waals surface area contributed by atoms with Gasteiger partial charge in [-0.05, 0) is 83.3 Å². The number of hydrogen-bond acceptors (Lipinski definition) is 6. The number of amides is 3. The van der Waals surface area contributed by atoms with Crippen LogP contribution in [0.1, 0.15) is 32.6 Å². The van der Waals surface area contributed by atoms with E-state index in [0.717, 1.165) is 44.3 Å². The van der Waals surface area contributed by atoms with Crippen LogP contribution in [-0.4, -0.2) is 66.5 Å². The molecular weight excluding hydrogens is 693 g/mol. The van der Waals surface area contributed by atoms with Gasteiger partial charge >= 0.3 is 0 Å². The van der Waals surface area contributed by atoms with Crippen molar-refractivity contribution in [2.45, 2.75) is 43.7 Å². The van der Waals surface area contributed by atoms with Gasteiger partial charge in [-0.2, -0.15) is 11.3 Å². The molecule has 6 rings (SSSR count). The first-order valence-electron chi connectivity index (χ1n) is 16.8. The Morgan fingerprint density at radius 2 is 1.48 bits per heavy atom. The highest BCUT2D eigenvalue weighted by Crippen LogP contribution is 2.25. The summed E-state index contributed by atoms with van der Waals surface area (Å²) >= 11 is 1.60. The average Bonchev–Trinajstić information content (AvgIpc) is 3.83. The van der Waals surface area contributed by atoms with E-state index in [0.29, 0.717) is 9.87 Å². The van der Waals surface area contributed by atoms with Crippen molar-refractivity contribution in [3.63, 3.8) is 0 Å². The molecule has 0 aliphatic rings. The number of fused-ring (bicyclic) bond motifs is 1. The summed E-state index contributed by atoms with van der Waals surface area (Å²) in [5.74, 6) is -1.76. The summed E-state index contributed by atoms with van der Waals surface area (Å²) in [6, 6.07) is 28.3. The predicted octanol–water partition coefficient (Wildman–Crippen LogP) is 6.77. The van der Waals surface area contributed by atoms with Crippen LogP contribution in [0.25, 0.3) is 22.0 Å². The van der Waals surface area contributed by atoms with Gasteiger partial charge in [0, 0.05) is 49.6 Å². The van der Waals surface area contributed by atoms with E-state index in [9.17, 15) is 22.8 Å². The fourth-order valence-corrected chi connectivity index (χ4v) is 8.26. The number of sulfonamides is 1. The highest BCUT2D eigenvalue weighted by Gasteiger charge is 2.36. The molecule has 0 bridgehead atoms. The Morgan fingerprint density at radius 3 is 2.15 bits per heavy atom. The molecule has 0 spiro atoms. The van der Waals surface area contributed by atoms with E-state index in [4.69, 9.17) is 0 Å². The van der Waals surface area contributed by atoms with Crippen molar-refractivity contribution in [3.8, 4) is 11.1 Å². The molecule has 3 amide bonds. The SMILES string of the molecule is Cc1cc(C)cc(C(=O)N(C)[C@H](Cc2ccc(-c3ccsc3)cc2)C(=O)N[C@@H](Cc2c[nH]c3ccccc23)C(=O)N(C)S(=O)(=O)c2ccccc2)c1. The molecule has 2 N–H and O–H groups in total. The van der Waals surface area contributed by atoms with Crippen LogP contribution < -0.4 is 5.32 Å².